The number of alkyl carbamates (subject to hydrolysis) is 2. The van der Waals surface area contributed by atoms with Gasteiger partial charge >= 0.3 is 12.2 Å². The standard InChI is InChI=1S/C40H42N8O6/c1-37(29-25-19-41-33(29)43-25)27-7-5-17-47(27)39(37,45-35(51)53-3)31(49)23-13-9-21(10-14-23)22-11-15-24(16-12-22)32(50)40(46-36(52)54-4)38(2,28-8-6-18-48(28)40)30-26-20-42-34(30)44-26/h9-16,19-20,27-30H,5-8,17-18H2,1-4H3,(H,41,43)(H,42,44)(H,45,51)(H,46,52)/t27-,28+,29-,30-,37-,38-,39+,40+/m0/s1. The van der Waals surface area contributed by atoms with Crippen LogP contribution in [0.1, 0.15) is 95.1 Å². The molecule has 8 aliphatic heterocycles. The van der Waals surface area contributed by atoms with Crippen LogP contribution in [0, 0.1) is 10.8 Å². The summed E-state index contributed by atoms with van der Waals surface area (Å²) in [6.07, 6.45) is 6.00. The Kier molecular flexibility index (Phi) is 6.84. The SMILES string of the molecule is COC(=O)N[C@]1(C(=O)c2ccc(-c3ccc(C(=O)[C@@]4(NC(=O)OC)N5CCC[C@@H]5[C@@]4(C)[C@H]4c5cnc4[nH]5)cc3)cc2)N2CCC[C@H]2[C@@]1(C)[C@H]1c2cnc1[nH]2. The van der Waals surface area contributed by atoms with Crippen molar-refractivity contribution in [3.63, 3.8) is 0 Å². The van der Waals surface area contributed by atoms with Gasteiger partial charge in [-0.2, -0.15) is 0 Å². The van der Waals surface area contributed by atoms with Crippen molar-refractivity contribution in [1.82, 2.24) is 40.4 Å². The van der Waals surface area contributed by atoms with Gasteiger partial charge in [0.2, 0.25) is 11.6 Å². The van der Waals surface area contributed by atoms with Crippen LogP contribution < -0.4 is 10.6 Å². The molecule has 14 nitrogen and oxygen atoms in total. The molecule has 14 heteroatoms. The number of ketones is 2. The van der Waals surface area contributed by atoms with E-state index in [9.17, 15) is 19.2 Å². The number of benzene rings is 2. The number of aromatic amines is 2. The average Bonchev–Trinajstić information content (AvgIpc) is 4.04. The second-order valence-electron chi connectivity index (χ2n) is 16.0. The molecule has 2 aromatic carbocycles. The fraction of sp³-hybridized carbons (Fsp3) is 0.450. The summed E-state index contributed by atoms with van der Waals surface area (Å²) in [6, 6.07) is 14.9. The first kappa shape index (κ1) is 33.2. The lowest BCUT2D eigenvalue weighted by Crippen LogP contribution is -2.87. The summed E-state index contributed by atoms with van der Waals surface area (Å²) in [5.41, 5.74) is 0.643. The lowest BCUT2D eigenvalue weighted by Gasteiger charge is -2.69. The van der Waals surface area contributed by atoms with Crippen molar-refractivity contribution >= 4 is 23.8 Å². The largest absolute Gasteiger partial charge is 0.453 e. The lowest BCUT2D eigenvalue weighted by molar-refractivity contribution is -0.179. The summed E-state index contributed by atoms with van der Waals surface area (Å²) in [5, 5.41) is 6.05. The Labute approximate surface area is 311 Å². The summed E-state index contributed by atoms with van der Waals surface area (Å²) in [6.45, 7) is 5.54. The molecule has 4 N–H and O–H groups in total. The van der Waals surface area contributed by atoms with E-state index in [-0.39, 0.29) is 35.5 Å². The van der Waals surface area contributed by atoms with E-state index in [0.29, 0.717) is 24.2 Å². The van der Waals surface area contributed by atoms with Crippen LogP contribution in [0.15, 0.2) is 60.9 Å². The number of Topliss-reactive ketones (excluding diaryl/α,β-unsaturated/α-hetero) is 2. The highest BCUT2D eigenvalue weighted by Gasteiger charge is 2.79. The van der Waals surface area contributed by atoms with Gasteiger partial charge in [-0.1, -0.05) is 62.4 Å². The van der Waals surface area contributed by atoms with E-state index in [2.05, 4.69) is 54.2 Å². The van der Waals surface area contributed by atoms with E-state index in [0.717, 1.165) is 59.8 Å². The Morgan fingerprint density at radius 2 is 1.06 bits per heavy atom. The van der Waals surface area contributed by atoms with Gasteiger partial charge in [-0.15, -0.1) is 0 Å². The Bertz CT molecular complexity index is 2040. The van der Waals surface area contributed by atoms with Crippen LogP contribution in [0.25, 0.3) is 11.1 Å². The molecule has 10 heterocycles. The van der Waals surface area contributed by atoms with Crippen molar-refractivity contribution < 1.29 is 28.7 Å². The van der Waals surface area contributed by atoms with Crippen LogP contribution >= 0.6 is 0 Å². The van der Waals surface area contributed by atoms with E-state index in [1.165, 1.54) is 14.2 Å². The number of hydrogen-bond donors (Lipinski definition) is 4. The lowest BCUT2D eigenvalue weighted by atomic mass is 9.51. The van der Waals surface area contributed by atoms with Crippen LogP contribution in [0.4, 0.5) is 9.59 Å². The van der Waals surface area contributed by atoms with Crippen LogP contribution in [-0.4, -0.2) is 104 Å². The second-order valence-corrected chi connectivity index (χ2v) is 16.0. The number of methoxy groups -OCH3 is 2. The number of H-pyrrole nitrogens is 2. The Morgan fingerprint density at radius 3 is 1.37 bits per heavy atom. The van der Waals surface area contributed by atoms with Gasteiger partial charge in [0.15, 0.2) is 11.3 Å². The summed E-state index contributed by atoms with van der Waals surface area (Å²) in [7, 11) is 2.62. The molecule has 8 atom stereocenters. The molecule has 2 aromatic heterocycles. The fourth-order valence-corrected chi connectivity index (χ4v) is 11.7. The van der Waals surface area contributed by atoms with Crippen molar-refractivity contribution in [2.24, 2.45) is 10.8 Å². The first-order chi connectivity index (χ1) is 26.0. The predicted molar refractivity (Wildman–Crippen MR) is 194 cm³/mol. The Balaban J connectivity index is 0.949. The van der Waals surface area contributed by atoms with Crippen LogP contribution in [-0.2, 0) is 9.47 Å². The number of amides is 2. The molecule has 0 radical (unpaired) electrons. The maximum Gasteiger partial charge on any atom is 0.408 e. The van der Waals surface area contributed by atoms with Gasteiger partial charge in [-0.25, -0.2) is 19.6 Å². The second kappa shape index (κ2) is 11.1. The van der Waals surface area contributed by atoms with Crippen molar-refractivity contribution in [3.05, 3.63) is 95.1 Å². The number of fused-ring (bicyclic) bond motifs is 4. The number of nitrogens with zero attached hydrogens (tertiary/aromatic N) is 4. The number of aromatic nitrogens is 4. The highest BCUT2D eigenvalue weighted by molar-refractivity contribution is 6.08. The van der Waals surface area contributed by atoms with Gasteiger partial charge in [-0.05, 0) is 36.8 Å². The molecule has 2 amide bonds. The van der Waals surface area contributed by atoms with Crippen molar-refractivity contribution in [1.29, 1.82) is 0 Å². The summed E-state index contributed by atoms with van der Waals surface area (Å²) >= 11 is 0. The molecule has 0 aliphatic carbocycles. The number of rotatable bonds is 9. The maximum absolute atomic E-state index is 14.8. The van der Waals surface area contributed by atoms with Gasteiger partial charge in [0.1, 0.15) is 11.6 Å². The molecule has 4 fully saturated rings. The van der Waals surface area contributed by atoms with E-state index < -0.39 is 34.3 Å². The van der Waals surface area contributed by atoms with E-state index >= 15 is 0 Å². The van der Waals surface area contributed by atoms with Gasteiger partial charge in [0, 0.05) is 70.9 Å². The molecular weight excluding hydrogens is 688 g/mol. The number of ether oxygens (including phenoxy) is 2. The fourth-order valence-electron chi connectivity index (χ4n) is 11.7. The third-order valence-corrected chi connectivity index (χ3v) is 14.1. The van der Waals surface area contributed by atoms with Crippen molar-refractivity contribution in [2.75, 3.05) is 27.3 Å². The number of hydrogen-bond acceptors (Lipinski definition) is 10. The molecule has 4 aromatic rings. The zero-order chi connectivity index (χ0) is 37.4. The molecule has 4 saturated heterocycles. The molecule has 278 valence electrons. The third kappa shape index (κ3) is 3.77. The normalized spacial score (nSPS) is 33.9. The topological polar surface area (TPSA) is 175 Å². The molecule has 12 rings (SSSR count). The molecule has 4 bridgehead atoms. The number of nitrogens with one attached hydrogen (secondary N) is 4. The molecule has 0 spiro atoms. The highest BCUT2D eigenvalue weighted by atomic mass is 16.5. The van der Waals surface area contributed by atoms with Gasteiger partial charge in [0.25, 0.3) is 0 Å². The van der Waals surface area contributed by atoms with Crippen LogP contribution in [0.5, 0.6) is 0 Å². The minimum absolute atomic E-state index is 0.0964. The summed E-state index contributed by atoms with van der Waals surface area (Å²) in [5.74, 6) is 1.07. The van der Waals surface area contributed by atoms with Crippen molar-refractivity contribution in [2.45, 2.75) is 74.8 Å². The third-order valence-electron chi connectivity index (χ3n) is 14.1. The van der Waals surface area contributed by atoms with E-state index in [1.807, 2.05) is 36.7 Å². The van der Waals surface area contributed by atoms with Gasteiger partial charge < -0.3 is 19.4 Å². The number of imidazole rings is 2. The molecule has 8 aliphatic rings. The summed E-state index contributed by atoms with van der Waals surface area (Å²) in [4.78, 5) is 75.3. The first-order valence-corrected chi connectivity index (χ1v) is 18.7. The molecule has 0 unspecified atom stereocenters. The number of carbonyl (C=O) groups excluding carboxylic acids is 4. The Morgan fingerprint density at radius 1 is 0.667 bits per heavy atom. The summed E-state index contributed by atoms with van der Waals surface area (Å²) < 4.78 is 10.2. The quantitative estimate of drug-likeness (QED) is 0.179. The molecule has 0 saturated carbocycles. The molecular formula is C40H42N8O6. The zero-order valence-corrected chi connectivity index (χ0v) is 30.6. The highest BCUT2D eigenvalue weighted by Crippen LogP contribution is 2.67. The van der Waals surface area contributed by atoms with Crippen LogP contribution in [0.2, 0.25) is 0 Å². The first-order valence-electron chi connectivity index (χ1n) is 18.7. The van der Waals surface area contributed by atoms with Gasteiger partial charge in [-0.3, -0.25) is 30.0 Å². The predicted octanol–water partition coefficient (Wildman–Crippen LogP) is 4.53. The zero-order valence-electron chi connectivity index (χ0n) is 30.6. The minimum atomic E-state index is -1.32. The molecule has 54 heavy (non-hydrogen) atoms. The monoisotopic (exact) mass is 730 g/mol. The minimum Gasteiger partial charge on any atom is -0.453 e. The van der Waals surface area contributed by atoms with Crippen molar-refractivity contribution in [3.8, 4) is 11.1 Å². The Hall–Kier alpha value is -5.34. The average molecular weight is 731 g/mol. The maximum atomic E-state index is 14.8. The number of carbonyl (C=O) groups is 4. The smallest absolute Gasteiger partial charge is 0.408 e. The van der Waals surface area contributed by atoms with Crippen LogP contribution in [0.3, 0.4) is 0 Å². The van der Waals surface area contributed by atoms with E-state index in [4.69, 9.17) is 9.47 Å². The van der Waals surface area contributed by atoms with E-state index in [1.54, 1.807) is 24.3 Å². The van der Waals surface area contributed by atoms with Gasteiger partial charge in [0.05, 0.1) is 26.1 Å².